The first kappa shape index (κ1) is 19.5. The Bertz CT molecular complexity index is 922. The van der Waals surface area contributed by atoms with Gasteiger partial charge in [0, 0.05) is 6.54 Å². The molecule has 6 heteroatoms. The van der Waals surface area contributed by atoms with Gasteiger partial charge in [-0.15, -0.1) is 0 Å². The van der Waals surface area contributed by atoms with Gasteiger partial charge in [-0.3, -0.25) is 0 Å². The highest BCUT2D eigenvalue weighted by molar-refractivity contribution is 5.90. The van der Waals surface area contributed by atoms with Crippen LogP contribution in [-0.2, 0) is 13.1 Å². The topological polar surface area (TPSA) is 54.7 Å². The Morgan fingerprint density at radius 3 is 2.50 bits per heavy atom. The number of amides is 2. The molecule has 0 saturated carbocycles. The number of carbonyl (C=O) groups excluding carboxylic acids is 1. The molecule has 3 rings (SSSR count). The van der Waals surface area contributed by atoms with E-state index in [9.17, 15) is 9.18 Å². The number of halogens is 1. The van der Waals surface area contributed by atoms with Crippen molar-refractivity contribution < 1.29 is 18.3 Å². The summed E-state index contributed by atoms with van der Waals surface area (Å²) in [7, 11) is 0. The molecule has 1 aromatic heterocycles. The van der Waals surface area contributed by atoms with E-state index >= 15 is 0 Å². The molecule has 146 valence electrons. The predicted molar refractivity (Wildman–Crippen MR) is 106 cm³/mol. The molecule has 5 nitrogen and oxygen atoms in total. The molecule has 1 heterocycles. The third kappa shape index (κ3) is 5.13. The Morgan fingerprint density at radius 1 is 1.07 bits per heavy atom. The normalized spacial score (nSPS) is 10.5. The number of benzene rings is 2. The van der Waals surface area contributed by atoms with Crippen molar-refractivity contribution >= 4 is 11.7 Å². The van der Waals surface area contributed by atoms with Crippen LogP contribution in [0.25, 0.3) is 0 Å². The first-order chi connectivity index (χ1) is 13.5. The summed E-state index contributed by atoms with van der Waals surface area (Å²) in [5, 5.41) is 2.90. The number of hydrogen-bond donors (Lipinski definition) is 1. The second-order valence-electron chi connectivity index (χ2n) is 6.35. The van der Waals surface area contributed by atoms with Crippen molar-refractivity contribution in [3.8, 4) is 5.75 Å². The average molecular weight is 382 g/mol. The number of hydrogen-bond acceptors (Lipinski definition) is 3. The molecule has 0 fully saturated rings. The molecule has 0 bridgehead atoms. The van der Waals surface area contributed by atoms with Crippen LogP contribution in [-0.4, -0.2) is 17.5 Å². The highest BCUT2D eigenvalue weighted by Crippen LogP contribution is 2.24. The van der Waals surface area contributed by atoms with Crippen LogP contribution in [0.3, 0.4) is 0 Å². The summed E-state index contributed by atoms with van der Waals surface area (Å²) < 4.78 is 24.4. The molecule has 3 aromatic rings. The number of rotatable bonds is 7. The van der Waals surface area contributed by atoms with Crippen molar-refractivity contribution in [2.24, 2.45) is 0 Å². The van der Waals surface area contributed by atoms with Crippen molar-refractivity contribution in [2.75, 3.05) is 11.9 Å². The van der Waals surface area contributed by atoms with Gasteiger partial charge in [-0.05, 0) is 55.8 Å². The number of aryl methyl sites for hydroxylation is 1. The van der Waals surface area contributed by atoms with Gasteiger partial charge in [0.1, 0.15) is 23.1 Å². The van der Waals surface area contributed by atoms with E-state index in [-0.39, 0.29) is 18.4 Å². The van der Waals surface area contributed by atoms with Crippen LogP contribution in [0, 0.1) is 12.7 Å². The number of nitrogens with zero attached hydrogens (tertiary/aromatic N) is 1. The highest BCUT2D eigenvalue weighted by Gasteiger charge is 2.18. The smallest absolute Gasteiger partial charge is 0.322 e. The molecule has 0 aliphatic heterocycles. The van der Waals surface area contributed by atoms with Crippen LogP contribution in [0.1, 0.15) is 24.0 Å². The van der Waals surface area contributed by atoms with E-state index in [0.717, 1.165) is 11.3 Å². The molecule has 2 amide bonds. The Balaban J connectivity index is 1.80. The maximum atomic E-state index is 13.2. The number of urea groups is 1. The quantitative estimate of drug-likeness (QED) is 0.598. The molecule has 0 aliphatic carbocycles. The maximum absolute atomic E-state index is 13.2. The third-order valence-corrected chi connectivity index (χ3v) is 4.15. The van der Waals surface area contributed by atoms with Crippen LogP contribution in [0.15, 0.2) is 65.1 Å². The van der Waals surface area contributed by atoms with E-state index in [1.165, 1.54) is 12.1 Å². The van der Waals surface area contributed by atoms with Gasteiger partial charge in [0.2, 0.25) is 0 Å². The third-order valence-electron chi connectivity index (χ3n) is 4.15. The van der Waals surface area contributed by atoms with Gasteiger partial charge in [0.05, 0.1) is 18.8 Å². The fourth-order valence-corrected chi connectivity index (χ4v) is 2.81. The van der Waals surface area contributed by atoms with E-state index in [1.807, 2.05) is 38.1 Å². The van der Waals surface area contributed by atoms with Crippen LogP contribution < -0.4 is 10.1 Å². The van der Waals surface area contributed by atoms with Gasteiger partial charge in [0.15, 0.2) is 0 Å². The van der Waals surface area contributed by atoms with Gasteiger partial charge in [-0.1, -0.05) is 24.3 Å². The van der Waals surface area contributed by atoms with E-state index in [0.29, 0.717) is 30.3 Å². The van der Waals surface area contributed by atoms with Crippen molar-refractivity contribution in [1.29, 1.82) is 0 Å². The molecule has 28 heavy (non-hydrogen) atoms. The fraction of sp³-hybridized carbons (Fsp3) is 0.227. The van der Waals surface area contributed by atoms with Gasteiger partial charge in [-0.25, -0.2) is 9.18 Å². The van der Waals surface area contributed by atoms with Gasteiger partial charge in [-0.2, -0.15) is 0 Å². The number of nitrogens with one attached hydrogen (secondary N) is 1. The van der Waals surface area contributed by atoms with Gasteiger partial charge in [0.25, 0.3) is 0 Å². The number of anilines is 1. The summed E-state index contributed by atoms with van der Waals surface area (Å²) in [6.45, 7) is 4.83. The molecule has 0 atom stereocenters. The Hall–Kier alpha value is -3.28. The van der Waals surface area contributed by atoms with E-state index in [1.54, 1.807) is 29.2 Å². The van der Waals surface area contributed by atoms with Crippen LogP contribution in [0.2, 0.25) is 0 Å². The lowest BCUT2D eigenvalue weighted by Gasteiger charge is -2.23. The zero-order valence-corrected chi connectivity index (χ0v) is 15.9. The van der Waals surface area contributed by atoms with E-state index in [4.69, 9.17) is 9.15 Å². The lowest BCUT2D eigenvalue weighted by atomic mass is 10.2. The lowest BCUT2D eigenvalue weighted by Crippen LogP contribution is -2.34. The summed E-state index contributed by atoms with van der Waals surface area (Å²) in [6, 6.07) is 16.8. The minimum atomic E-state index is -0.313. The summed E-state index contributed by atoms with van der Waals surface area (Å²) in [5.41, 5.74) is 1.41. The average Bonchev–Trinajstić information content (AvgIpc) is 3.09. The van der Waals surface area contributed by atoms with Crippen molar-refractivity contribution in [1.82, 2.24) is 4.90 Å². The maximum Gasteiger partial charge on any atom is 0.322 e. The van der Waals surface area contributed by atoms with Crippen LogP contribution >= 0.6 is 0 Å². The number of para-hydroxylation sites is 2. The standard InChI is InChI=1S/C22H23FN2O3/c1-3-27-21-7-5-4-6-20(21)24-22(26)25(15-19-13-8-16(2)28-19)14-17-9-11-18(23)12-10-17/h4-13H,3,14-15H2,1-2H3,(H,24,26). The highest BCUT2D eigenvalue weighted by atomic mass is 19.1. The molecule has 0 spiro atoms. The molecular formula is C22H23FN2O3. The zero-order chi connectivity index (χ0) is 19.9. The number of ether oxygens (including phenoxy) is 1. The van der Waals surface area contributed by atoms with Gasteiger partial charge < -0.3 is 19.4 Å². The van der Waals surface area contributed by atoms with E-state index in [2.05, 4.69) is 5.32 Å². The summed E-state index contributed by atoms with van der Waals surface area (Å²) in [4.78, 5) is 14.6. The number of furan rings is 1. The molecule has 1 N–H and O–H groups in total. The molecule has 0 unspecified atom stereocenters. The van der Waals surface area contributed by atoms with Crippen molar-refractivity contribution in [3.63, 3.8) is 0 Å². The molecule has 0 saturated heterocycles. The first-order valence-electron chi connectivity index (χ1n) is 9.12. The Labute approximate surface area is 163 Å². The molecular weight excluding hydrogens is 359 g/mol. The summed E-state index contributed by atoms with van der Waals surface area (Å²) >= 11 is 0. The van der Waals surface area contributed by atoms with Crippen molar-refractivity contribution in [3.05, 3.63) is 83.6 Å². The second-order valence-corrected chi connectivity index (χ2v) is 6.35. The largest absolute Gasteiger partial charge is 0.492 e. The lowest BCUT2D eigenvalue weighted by molar-refractivity contribution is 0.200. The van der Waals surface area contributed by atoms with Crippen LogP contribution in [0.4, 0.5) is 14.9 Å². The molecule has 2 aromatic carbocycles. The van der Waals surface area contributed by atoms with Crippen molar-refractivity contribution in [2.45, 2.75) is 26.9 Å². The number of carbonyl (C=O) groups is 1. The summed E-state index contributed by atoms with van der Waals surface area (Å²) in [6.07, 6.45) is 0. The zero-order valence-electron chi connectivity index (χ0n) is 15.9. The first-order valence-corrected chi connectivity index (χ1v) is 9.12. The van der Waals surface area contributed by atoms with Gasteiger partial charge >= 0.3 is 6.03 Å². The minimum Gasteiger partial charge on any atom is -0.492 e. The monoisotopic (exact) mass is 382 g/mol. The fourth-order valence-electron chi connectivity index (χ4n) is 2.81. The second kappa shape index (κ2) is 9.08. The molecule has 0 aliphatic rings. The van der Waals surface area contributed by atoms with E-state index < -0.39 is 0 Å². The minimum absolute atomic E-state index is 0.286. The SMILES string of the molecule is CCOc1ccccc1NC(=O)N(Cc1ccc(F)cc1)Cc1ccc(C)o1. The van der Waals surface area contributed by atoms with Crippen LogP contribution in [0.5, 0.6) is 5.75 Å². The Kier molecular flexibility index (Phi) is 6.32. The predicted octanol–water partition coefficient (Wildman–Crippen LogP) is 5.36. The Morgan fingerprint density at radius 2 is 1.82 bits per heavy atom. The summed E-state index contributed by atoms with van der Waals surface area (Å²) in [5.74, 6) is 1.74. The molecule has 0 radical (unpaired) electrons.